The lowest BCUT2D eigenvalue weighted by Gasteiger charge is -2.53. The average Bonchev–Trinajstić information content (AvgIpc) is 3.43. The monoisotopic (exact) mass is 652 g/mol. The first-order valence-electron chi connectivity index (χ1n) is 17.7. The van der Waals surface area contributed by atoms with Crippen molar-refractivity contribution < 1.29 is 38.0 Å². The molecule has 47 heavy (non-hydrogen) atoms. The smallest absolute Gasteiger partial charge is 0.188 e. The highest BCUT2D eigenvalue weighted by molar-refractivity contribution is 6.01. The van der Waals surface area contributed by atoms with Gasteiger partial charge in [-0.3, -0.25) is 4.79 Å². The topological polar surface area (TPSA) is 81.7 Å². The molecule has 0 bridgehead atoms. The van der Waals surface area contributed by atoms with Gasteiger partial charge in [0.2, 0.25) is 0 Å². The first-order chi connectivity index (χ1) is 23.1. The third-order valence-electron chi connectivity index (χ3n) is 10.9. The van der Waals surface area contributed by atoms with E-state index in [1.54, 1.807) is 14.2 Å². The normalized spacial score (nSPS) is 26.5. The predicted octanol–water partition coefficient (Wildman–Crippen LogP) is 7.58. The molecule has 0 spiro atoms. The Hall–Kier alpha value is -2.33. The Balaban J connectivity index is 1.07. The van der Waals surface area contributed by atoms with Gasteiger partial charge in [-0.1, -0.05) is 62.6 Å². The molecular formula is C39H56O8. The van der Waals surface area contributed by atoms with Gasteiger partial charge in [0.05, 0.1) is 39.1 Å². The zero-order valence-electron chi connectivity index (χ0n) is 28.8. The van der Waals surface area contributed by atoms with Crippen LogP contribution in [0.2, 0.25) is 0 Å². The molecule has 8 nitrogen and oxygen atoms in total. The SMILES string of the molecule is COCOc1ccc2c(c1)C(=O)C(CCCCCCOCCOCCOCc1ccccc1)C1C2CCC2(C)C(OCOC)CCC12. The Morgan fingerprint density at radius 3 is 2.32 bits per heavy atom. The summed E-state index contributed by atoms with van der Waals surface area (Å²) >= 11 is 0. The summed E-state index contributed by atoms with van der Waals surface area (Å²) in [6.07, 6.45) is 9.74. The molecule has 6 unspecified atom stereocenters. The molecule has 8 heteroatoms. The summed E-state index contributed by atoms with van der Waals surface area (Å²) < 4.78 is 39.5. The number of hydrogen-bond acceptors (Lipinski definition) is 8. The van der Waals surface area contributed by atoms with E-state index in [0.717, 1.165) is 70.0 Å². The minimum Gasteiger partial charge on any atom is -0.468 e. The van der Waals surface area contributed by atoms with Crippen LogP contribution in [0.1, 0.15) is 92.1 Å². The van der Waals surface area contributed by atoms with E-state index >= 15 is 0 Å². The number of ether oxygens (including phenoxy) is 7. The summed E-state index contributed by atoms with van der Waals surface area (Å²) in [5.41, 5.74) is 3.32. The number of carbonyl (C=O) groups excluding carboxylic acids is 1. The van der Waals surface area contributed by atoms with Crippen LogP contribution in [0.25, 0.3) is 0 Å². The van der Waals surface area contributed by atoms with Crippen molar-refractivity contribution in [3.63, 3.8) is 0 Å². The van der Waals surface area contributed by atoms with Gasteiger partial charge in [-0.15, -0.1) is 0 Å². The fourth-order valence-electron chi connectivity index (χ4n) is 8.61. The van der Waals surface area contributed by atoms with Gasteiger partial charge in [0, 0.05) is 32.3 Å². The van der Waals surface area contributed by atoms with Crippen molar-refractivity contribution in [1.82, 2.24) is 0 Å². The van der Waals surface area contributed by atoms with Crippen molar-refractivity contribution in [2.45, 2.75) is 83.3 Å². The third kappa shape index (κ3) is 9.22. The van der Waals surface area contributed by atoms with Gasteiger partial charge < -0.3 is 33.2 Å². The van der Waals surface area contributed by atoms with Gasteiger partial charge in [0.25, 0.3) is 0 Å². The van der Waals surface area contributed by atoms with E-state index in [2.05, 4.69) is 25.1 Å². The highest BCUT2D eigenvalue weighted by atomic mass is 16.7. The second kappa shape index (κ2) is 18.4. The predicted molar refractivity (Wildman–Crippen MR) is 181 cm³/mol. The molecule has 2 saturated carbocycles. The molecule has 260 valence electrons. The third-order valence-corrected chi connectivity index (χ3v) is 10.9. The zero-order valence-corrected chi connectivity index (χ0v) is 28.8. The summed E-state index contributed by atoms with van der Waals surface area (Å²) in [6.45, 7) is 6.60. The van der Waals surface area contributed by atoms with Gasteiger partial charge in [-0.05, 0) is 85.0 Å². The van der Waals surface area contributed by atoms with Crippen LogP contribution in [0.5, 0.6) is 5.75 Å². The van der Waals surface area contributed by atoms with E-state index in [4.69, 9.17) is 33.2 Å². The molecule has 3 aliphatic carbocycles. The molecule has 6 atom stereocenters. The molecule has 0 aliphatic heterocycles. The van der Waals surface area contributed by atoms with Gasteiger partial charge in [0.1, 0.15) is 12.5 Å². The van der Waals surface area contributed by atoms with Crippen LogP contribution in [0, 0.1) is 23.2 Å². The van der Waals surface area contributed by atoms with Crippen molar-refractivity contribution in [3.05, 3.63) is 65.2 Å². The number of fused-ring (bicyclic) bond motifs is 5. The summed E-state index contributed by atoms with van der Waals surface area (Å²) in [4.78, 5) is 14.3. The summed E-state index contributed by atoms with van der Waals surface area (Å²) in [5.74, 6) is 2.25. The van der Waals surface area contributed by atoms with E-state index in [1.165, 1.54) is 11.1 Å². The molecule has 0 N–H and O–H groups in total. The molecule has 0 heterocycles. The molecular weight excluding hydrogens is 596 g/mol. The standard InChI is InChI=1S/C39H56O8/c1-39-19-18-32-31-15-14-30(46-27-41-2)25-34(31)38(40)33(37(32)35(39)16-17-36(39)47-28-42-3)13-9-4-5-10-20-43-21-22-44-23-24-45-26-29-11-7-6-8-12-29/h6-8,11-12,14-15,25,32-33,35-37H,4-5,9-10,13,16-24,26-28H2,1-3H3. The molecule has 0 radical (unpaired) electrons. The minimum absolute atomic E-state index is 0.0287. The number of Topliss-reactive ketones (excluding diaryl/α,β-unsaturated/α-hetero) is 1. The number of unbranched alkanes of at least 4 members (excludes halogenated alkanes) is 3. The minimum atomic E-state index is 0.0287. The molecule has 5 rings (SSSR count). The lowest BCUT2D eigenvalue weighted by atomic mass is 9.51. The Labute approximate surface area is 281 Å². The Morgan fingerprint density at radius 2 is 1.53 bits per heavy atom. The van der Waals surface area contributed by atoms with E-state index in [1.807, 2.05) is 30.3 Å². The van der Waals surface area contributed by atoms with Gasteiger partial charge in [-0.2, -0.15) is 0 Å². The van der Waals surface area contributed by atoms with Gasteiger partial charge in [-0.25, -0.2) is 0 Å². The number of methoxy groups -OCH3 is 2. The van der Waals surface area contributed by atoms with E-state index in [0.29, 0.717) is 69.1 Å². The van der Waals surface area contributed by atoms with Crippen molar-refractivity contribution in [1.29, 1.82) is 0 Å². The Morgan fingerprint density at radius 1 is 0.787 bits per heavy atom. The maximum absolute atomic E-state index is 14.3. The summed E-state index contributed by atoms with van der Waals surface area (Å²) in [6, 6.07) is 16.3. The molecule has 0 saturated heterocycles. The van der Waals surface area contributed by atoms with Crippen LogP contribution >= 0.6 is 0 Å². The highest BCUT2D eigenvalue weighted by Crippen LogP contribution is 2.63. The van der Waals surface area contributed by atoms with Crippen LogP contribution in [0.15, 0.2) is 48.5 Å². The second-order valence-corrected chi connectivity index (χ2v) is 13.7. The van der Waals surface area contributed by atoms with Crippen LogP contribution in [-0.2, 0) is 35.0 Å². The molecule has 2 fully saturated rings. The van der Waals surface area contributed by atoms with E-state index in [-0.39, 0.29) is 24.2 Å². The fraction of sp³-hybridized carbons (Fsp3) is 0.667. The first kappa shape index (κ1) is 36.0. The second-order valence-electron chi connectivity index (χ2n) is 13.7. The quantitative estimate of drug-likeness (QED) is 0.101. The molecule has 2 aromatic rings. The molecule has 0 aromatic heterocycles. The summed E-state index contributed by atoms with van der Waals surface area (Å²) in [5, 5.41) is 0. The van der Waals surface area contributed by atoms with Gasteiger partial charge >= 0.3 is 0 Å². The van der Waals surface area contributed by atoms with Crippen LogP contribution in [0.4, 0.5) is 0 Å². The van der Waals surface area contributed by atoms with Crippen LogP contribution < -0.4 is 4.74 Å². The fourth-order valence-corrected chi connectivity index (χ4v) is 8.61. The average molecular weight is 653 g/mol. The lowest BCUT2D eigenvalue weighted by molar-refractivity contribution is -0.127. The van der Waals surface area contributed by atoms with Crippen molar-refractivity contribution >= 4 is 5.78 Å². The number of benzene rings is 2. The van der Waals surface area contributed by atoms with Crippen molar-refractivity contribution in [2.24, 2.45) is 23.2 Å². The number of carbonyl (C=O) groups is 1. The largest absolute Gasteiger partial charge is 0.468 e. The van der Waals surface area contributed by atoms with E-state index in [9.17, 15) is 4.79 Å². The Kier molecular flexibility index (Phi) is 14.1. The van der Waals surface area contributed by atoms with Crippen molar-refractivity contribution in [2.75, 3.05) is 60.8 Å². The summed E-state index contributed by atoms with van der Waals surface area (Å²) in [7, 11) is 3.30. The maximum Gasteiger partial charge on any atom is 0.188 e. The van der Waals surface area contributed by atoms with Crippen LogP contribution in [0.3, 0.4) is 0 Å². The molecule has 3 aliphatic rings. The first-order valence-corrected chi connectivity index (χ1v) is 17.7. The zero-order chi connectivity index (χ0) is 32.9. The Bertz CT molecular complexity index is 1220. The molecule has 0 amide bonds. The van der Waals surface area contributed by atoms with Gasteiger partial charge in [0.15, 0.2) is 12.6 Å². The van der Waals surface area contributed by atoms with Crippen LogP contribution in [-0.4, -0.2) is 72.7 Å². The number of rotatable bonds is 21. The lowest BCUT2D eigenvalue weighted by Crippen LogP contribution is -2.49. The van der Waals surface area contributed by atoms with E-state index < -0.39 is 0 Å². The van der Waals surface area contributed by atoms with Crippen molar-refractivity contribution in [3.8, 4) is 5.75 Å². The molecule has 2 aromatic carbocycles. The number of ketones is 1. The highest BCUT2D eigenvalue weighted by Gasteiger charge is 2.58. The number of hydrogen-bond donors (Lipinski definition) is 0. The maximum atomic E-state index is 14.3.